The number of aromatic nitrogens is 1. The molecule has 2 aliphatic rings. The van der Waals surface area contributed by atoms with Gasteiger partial charge < -0.3 is 19.3 Å². The van der Waals surface area contributed by atoms with Crippen LogP contribution in [0.15, 0.2) is 42.7 Å². The van der Waals surface area contributed by atoms with E-state index in [1.165, 1.54) is 0 Å². The Bertz CT molecular complexity index is 890. The minimum atomic E-state index is 0.0246. The Hall–Kier alpha value is -3.02. The molecule has 2 aliphatic heterocycles. The predicted molar refractivity (Wildman–Crippen MR) is 113 cm³/mol. The Labute approximate surface area is 171 Å². The third-order valence-electron chi connectivity index (χ3n) is 5.35. The van der Waals surface area contributed by atoms with E-state index in [-0.39, 0.29) is 12.0 Å². The lowest BCUT2D eigenvalue weighted by molar-refractivity contribution is -0.126. The summed E-state index contributed by atoms with van der Waals surface area (Å²) >= 11 is 0. The molecular formula is C23H27N3O3. The molecule has 1 amide bonds. The summed E-state index contributed by atoms with van der Waals surface area (Å²) in [6, 6.07) is 8.03. The molecule has 0 N–H and O–H groups in total. The van der Waals surface area contributed by atoms with Gasteiger partial charge in [0.2, 0.25) is 5.91 Å². The van der Waals surface area contributed by atoms with Gasteiger partial charge in [0.05, 0.1) is 6.61 Å². The summed E-state index contributed by atoms with van der Waals surface area (Å²) < 4.78 is 11.7. The third-order valence-corrected chi connectivity index (χ3v) is 5.35. The highest BCUT2D eigenvalue weighted by molar-refractivity contribution is 5.92. The molecular weight excluding hydrogens is 366 g/mol. The van der Waals surface area contributed by atoms with E-state index in [1.807, 2.05) is 42.2 Å². The van der Waals surface area contributed by atoms with Crippen molar-refractivity contribution in [2.45, 2.75) is 26.4 Å². The van der Waals surface area contributed by atoms with Crippen molar-refractivity contribution >= 4 is 17.7 Å². The second-order valence-electron chi connectivity index (χ2n) is 7.41. The van der Waals surface area contributed by atoms with Crippen LogP contribution in [0.25, 0.3) is 6.08 Å². The SMILES string of the molecule is CCOc1cc2c(cc1/C=C/C(=O)N1CCN(c3ccncc3)CC1)O[C@H](C)C2. The molecule has 2 aromatic rings. The van der Waals surface area contributed by atoms with E-state index in [4.69, 9.17) is 9.47 Å². The van der Waals surface area contributed by atoms with E-state index in [1.54, 1.807) is 18.5 Å². The molecule has 0 spiro atoms. The van der Waals surface area contributed by atoms with Gasteiger partial charge in [-0.3, -0.25) is 9.78 Å². The second kappa shape index (κ2) is 8.55. The van der Waals surface area contributed by atoms with E-state index in [0.717, 1.165) is 47.8 Å². The standard InChI is InChI=1S/C23H27N3O3/c1-3-28-21-16-19-14-17(2)29-22(19)15-18(21)4-5-23(27)26-12-10-25(11-13-26)20-6-8-24-9-7-20/h4-9,15-17H,3,10-14H2,1-2H3/b5-4+/t17-/m1/s1. The highest BCUT2D eigenvalue weighted by atomic mass is 16.5. The predicted octanol–water partition coefficient (Wildman–Crippen LogP) is 3.17. The van der Waals surface area contributed by atoms with Crippen molar-refractivity contribution in [3.05, 3.63) is 53.9 Å². The molecule has 1 fully saturated rings. The van der Waals surface area contributed by atoms with Gasteiger partial charge >= 0.3 is 0 Å². The molecule has 0 saturated carbocycles. The van der Waals surface area contributed by atoms with E-state index >= 15 is 0 Å². The van der Waals surface area contributed by atoms with Crippen LogP contribution in [0.1, 0.15) is 25.0 Å². The lowest BCUT2D eigenvalue weighted by Gasteiger charge is -2.35. The average molecular weight is 393 g/mol. The molecule has 3 heterocycles. The van der Waals surface area contributed by atoms with Gasteiger partial charge in [0.25, 0.3) is 0 Å². The van der Waals surface area contributed by atoms with Gasteiger partial charge in [0.15, 0.2) is 0 Å². The zero-order valence-corrected chi connectivity index (χ0v) is 17.0. The van der Waals surface area contributed by atoms with E-state index in [0.29, 0.717) is 19.7 Å². The van der Waals surface area contributed by atoms with E-state index in [9.17, 15) is 4.79 Å². The zero-order valence-electron chi connectivity index (χ0n) is 17.0. The number of carbonyl (C=O) groups is 1. The molecule has 152 valence electrons. The first-order valence-corrected chi connectivity index (χ1v) is 10.2. The number of nitrogens with zero attached hydrogens (tertiary/aromatic N) is 3. The third kappa shape index (κ3) is 4.36. The molecule has 1 saturated heterocycles. The number of hydrogen-bond donors (Lipinski definition) is 0. The normalized spacial score (nSPS) is 18.6. The summed E-state index contributed by atoms with van der Waals surface area (Å²) in [5, 5.41) is 0. The van der Waals surface area contributed by atoms with Crippen molar-refractivity contribution < 1.29 is 14.3 Å². The summed E-state index contributed by atoms with van der Waals surface area (Å²) in [4.78, 5) is 20.9. The highest BCUT2D eigenvalue weighted by Crippen LogP contribution is 2.35. The van der Waals surface area contributed by atoms with Gasteiger partial charge in [0.1, 0.15) is 17.6 Å². The van der Waals surface area contributed by atoms with Crippen LogP contribution in [0.5, 0.6) is 11.5 Å². The Morgan fingerprint density at radius 2 is 2.00 bits per heavy atom. The fourth-order valence-electron chi connectivity index (χ4n) is 3.87. The van der Waals surface area contributed by atoms with Crippen molar-refractivity contribution in [1.82, 2.24) is 9.88 Å². The number of rotatable bonds is 5. The number of benzene rings is 1. The Kier molecular flexibility index (Phi) is 5.69. The van der Waals surface area contributed by atoms with Gasteiger partial charge in [-0.1, -0.05) is 0 Å². The number of pyridine rings is 1. The Morgan fingerprint density at radius 1 is 1.24 bits per heavy atom. The second-order valence-corrected chi connectivity index (χ2v) is 7.41. The molecule has 1 aromatic heterocycles. The number of anilines is 1. The molecule has 6 nitrogen and oxygen atoms in total. The topological polar surface area (TPSA) is 54.9 Å². The molecule has 0 bridgehead atoms. The van der Waals surface area contributed by atoms with Crippen LogP contribution in [-0.4, -0.2) is 54.7 Å². The van der Waals surface area contributed by atoms with Crippen molar-refractivity contribution in [2.75, 3.05) is 37.7 Å². The van der Waals surface area contributed by atoms with Crippen molar-refractivity contribution in [2.24, 2.45) is 0 Å². The summed E-state index contributed by atoms with van der Waals surface area (Å²) in [5.74, 6) is 1.71. The number of hydrogen-bond acceptors (Lipinski definition) is 5. The molecule has 1 aromatic carbocycles. The summed E-state index contributed by atoms with van der Waals surface area (Å²) in [6.45, 7) is 7.65. The van der Waals surface area contributed by atoms with Crippen LogP contribution in [0.2, 0.25) is 0 Å². The first-order valence-electron chi connectivity index (χ1n) is 10.2. The van der Waals surface area contributed by atoms with Gasteiger partial charge in [-0.15, -0.1) is 0 Å². The first kappa shape index (κ1) is 19.3. The lowest BCUT2D eigenvalue weighted by atomic mass is 10.1. The number of carbonyl (C=O) groups excluding carboxylic acids is 1. The van der Waals surface area contributed by atoms with Crippen molar-refractivity contribution in [1.29, 1.82) is 0 Å². The number of ether oxygens (including phenoxy) is 2. The molecule has 1 atom stereocenters. The maximum absolute atomic E-state index is 12.7. The molecule has 0 unspecified atom stereocenters. The lowest BCUT2D eigenvalue weighted by Crippen LogP contribution is -2.48. The van der Waals surface area contributed by atoms with Crippen LogP contribution >= 0.6 is 0 Å². The van der Waals surface area contributed by atoms with Crippen LogP contribution in [0.3, 0.4) is 0 Å². The van der Waals surface area contributed by atoms with E-state index in [2.05, 4.69) is 16.8 Å². The van der Waals surface area contributed by atoms with Crippen LogP contribution in [0, 0.1) is 0 Å². The van der Waals surface area contributed by atoms with Gasteiger partial charge in [-0.25, -0.2) is 0 Å². The van der Waals surface area contributed by atoms with Gasteiger partial charge in [-0.05, 0) is 44.2 Å². The summed E-state index contributed by atoms with van der Waals surface area (Å²) in [7, 11) is 0. The maximum atomic E-state index is 12.7. The zero-order chi connectivity index (χ0) is 20.2. The Morgan fingerprint density at radius 3 is 2.72 bits per heavy atom. The van der Waals surface area contributed by atoms with Crippen LogP contribution < -0.4 is 14.4 Å². The largest absolute Gasteiger partial charge is 0.493 e. The van der Waals surface area contributed by atoms with Crippen molar-refractivity contribution in [3.63, 3.8) is 0 Å². The molecule has 0 aliphatic carbocycles. The number of fused-ring (bicyclic) bond motifs is 1. The maximum Gasteiger partial charge on any atom is 0.246 e. The number of piperazine rings is 1. The number of amides is 1. The minimum Gasteiger partial charge on any atom is -0.493 e. The van der Waals surface area contributed by atoms with Crippen molar-refractivity contribution in [3.8, 4) is 11.5 Å². The van der Waals surface area contributed by atoms with Gasteiger partial charge in [0, 0.05) is 67.9 Å². The monoisotopic (exact) mass is 393 g/mol. The van der Waals surface area contributed by atoms with Crippen LogP contribution in [0.4, 0.5) is 5.69 Å². The molecule has 6 heteroatoms. The van der Waals surface area contributed by atoms with E-state index < -0.39 is 0 Å². The quantitative estimate of drug-likeness (QED) is 0.731. The fraction of sp³-hybridized carbons (Fsp3) is 0.391. The molecule has 29 heavy (non-hydrogen) atoms. The first-order chi connectivity index (χ1) is 14.1. The molecule has 0 radical (unpaired) electrons. The average Bonchev–Trinajstić information content (AvgIpc) is 3.11. The smallest absolute Gasteiger partial charge is 0.246 e. The molecule has 4 rings (SSSR count). The fourth-order valence-corrected chi connectivity index (χ4v) is 3.87. The summed E-state index contributed by atoms with van der Waals surface area (Å²) in [6.07, 6.45) is 8.15. The van der Waals surface area contributed by atoms with Crippen LogP contribution in [-0.2, 0) is 11.2 Å². The highest BCUT2D eigenvalue weighted by Gasteiger charge is 2.22. The minimum absolute atomic E-state index is 0.0246. The Balaban J connectivity index is 1.42. The van der Waals surface area contributed by atoms with Gasteiger partial charge in [-0.2, -0.15) is 0 Å². The summed E-state index contributed by atoms with van der Waals surface area (Å²) in [5.41, 5.74) is 3.19.